The second-order valence-electron chi connectivity index (χ2n) is 4.68. The third kappa shape index (κ3) is 4.57. The molecule has 0 saturated heterocycles. The maximum Gasteiger partial charge on any atom is 0.0676 e. The van der Waals surface area contributed by atoms with E-state index in [0.717, 1.165) is 28.8 Å². The molecule has 0 atom stereocenters. The summed E-state index contributed by atoms with van der Waals surface area (Å²) in [7, 11) is 1.85. The lowest BCUT2D eigenvalue weighted by atomic mass is 10.2. The smallest absolute Gasteiger partial charge is 0.0676 e. The molecule has 1 aliphatic carbocycles. The van der Waals surface area contributed by atoms with E-state index in [2.05, 4.69) is 29.3 Å². The van der Waals surface area contributed by atoms with Gasteiger partial charge in [0.1, 0.15) is 0 Å². The monoisotopic (exact) mass is 260 g/mol. The Morgan fingerprint density at radius 3 is 2.72 bits per heavy atom. The number of benzene rings is 1. The summed E-state index contributed by atoms with van der Waals surface area (Å²) < 4.78 is 0. The van der Waals surface area contributed by atoms with Crippen LogP contribution in [0.5, 0.6) is 0 Å². The topological polar surface area (TPSA) is 38.4 Å². The van der Waals surface area contributed by atoms with Gasteiger partial charge >= 0.3 is 0 Å². The first-order chi connectivity index (χ1) is 8.78. The van der Waals surface area contributed by atoms with Gasteiger partial charge in [0.25, 0.3) is 0 Å². The molecule has 3 heteroatoms. The average molecular weight is 260 g/mol. The fourth-order valence-electron chi connectivity index (χ4n) is 1.78. The highest BCUT2D eigenvalue weighted by atomic mass is 32.2. The number of rotatable bonds is 6. The lowest BCUT2D eigenvalue weighted by Crippen LogP contribution is -2.01. The molecule has 1 saturated carbocycles. The molecule has 2 nitrogen and oxygen atoms in total. The van der Waals surface area contributed by atoms with Crippen molar-refractivity contribution in [1.82, 2.24) is 0 Å². The minimum absolute atomic E-state index is 0.854. The van der Waals surface area contributed by atoms with Gasteiger partial charge in [-0.25, -0.2) is 0 Å². The van der Waals surface area contributed by atoms with E-state index in [9.17, 15) is 0 Å². The molecule has 1 fully saturated rings. The van der Waals surface area contributed by atoms with Crippen LogP contribution in [0.4, 0.5) is 0 Å². The highest BCUT2D eigenvalue weighted by Gasteiger charge is 2.22. The van der Waals surface area contributed by atoms with Gasteiger partial charge < -0.3 is 5.73 Å². The van der Waals surface area contributed by atoms with Crippen molar-refractivity contribution >= 4 is 17.5 Å². The Balaban J connectivity index is 1.84. The number of aliphatic imine (C=N–C) groups is 1. The molecule has 2 rings (SSSR count). The predicted molar refractivity (Wildman–Crippen MR) is 80.7 cm³/mol. The Labute approximate surface area is 113 Å². The van der Waals surface area contributed by atoms with Crippen LogP contribution in [0.1, 0.15) is 24.8 Å². The van der Waals surface area contributed by atoms with Crippen molar-refractivity contribution in [2.24, 2.45) is 16.6 Å². The molecule has 0 amide bonds. The molecular weight excluding hydrogens is 240 g/mol. The van der Waals surface area contributed by atoms with Gasteiger partial charge in [-0.1, -0.05) is 30.3 Å². The van der Waals surface area contributed by atoms with Crippen LogP contribution >= 0.6 is 11.8 Å². The van der Waals surface area contributed by atoms with E-state index >= 15 is 0 Å². The van der Waals surface area contributed by atoms with Crippen LogP contribution in [-0.4, -0.2) is 12.8 Å². The summed E-state index contributed by atoms with van der Waals surface area (Å²) in [5, 5.41) is 0.861. The summed E-state index contributed by atoms with van der Waals surface area (Å²) in [4.78, 5) is 4.31. The van der Waals surface area contributed by atoms with Gasteiger partial charge in [-0.05, 0) is 36.8 Å². The quantitative estimate of drug-likeness (QED) is 0.794. The molecule has 0 aliphatic heterocycles. The van der Waals surface area contributed by atoms with Crippen LogP contribution in [0.3, 0.4) is 0 Å². The van der Waals surface area contributed by atoms with Crippen molar-refractivity contribution in [3.63, 3.8) is 0 Å². The third-order valence-corrected chi connectivity index (χ3v) is 3.97. The lowest BCUT2D eigenvalue weighted by molar-refractivity contribution is 0.895. The van der Waals surface area contributed by atoms with E-state index in [-0.39, 0.29) is 0 Å². The molecule has 1 aliphatic rings. The Morgan fingerprint density at radius 1 is 1.39 bits per heavy atom. The third-order valence-electron chi connectivity index (χ3n) is 3.04. The number of thioether (sulfide) groups is 1. The summed E-state index contributed by atoms with van der Waals surface area (Å²) in [5.41, 5.74) is 8.47. The fourth-order valence-corrected chi connectivity index (χ4v) is 2.52. The number of nitrogens with zero attached hydrogens (tertiary/aromatic N) is 1. The molecular formula is C15H20N2S. The molecule has 0 heterocycles. The van der Waals surface area contributed by atoms with E-state index in [4.69, 9.17) is 5.73 Å². The number of allylic oxidation sites excluding steroid dienone is 1. The van der Waals surface area contributed by atoms with Crippen LogP contribution < -0.4 is 5.73 Å². The van der Waals surface area contributed by atoms with Crippen LogP contribution in [-0.2, 0) is 5.75 Å². The van der Waals surface area contributed by atoms with Crippen molar-refractivity contribution in [2.45, 2.75) is 25.0 Å². The summed E-state index contributed by atoms with van der Waals surface area (Å²) >= 11 is 1.68. The minimum atomic E-state index is 0.854. The van der Waals surface area contributed by atoms with Gasteiger partial charge in [0.15, 0.2) is 0 Å². The molecule has 0 spiro atoms. The summed E-state index contributed by atoms with van der Waals surface area (Å²) in [5.74, 6) is 1.77. The van der Waals surface area contributed by atoms with Crippen LogP contribution in [0.2, 0.25) is 0 Å². The first kappa shape index (κ1) is 13.2. The van der Waals surface area contributed by atoms with E-state index in [1.54, 1.807) is 11.8 Å². The fraction of sp³-hybridized carbons (Fsp3) is 0.400. The summed E-state index contributed by atoms with van der Waals surface area (Å²) in [6.07, 6.45) is 5.82. The zero-order valence-corrected chi connectivity index (χ0v) is 11.6. The average Bonchev–Trinajstić information content (AvgIpc) is 3.21. The molecule has 0 unspecified atom stereocenters. The second-order valence-corrected chi connectivity index (χ2v) is 5.73. The number of hydrogen-bond acceptors (Lipinski definition) is 3. The lowest BCUT2D eigenvalue weighted by Gasteiger charge is -2.04. The van der Waals surface area contributed by atoms with Crippen molar-refractivity contribution in [3.05, 3.63) is 47.0 Å². The van der Waals surface area contributed by atoms with Crippen LogP contribution in [0, 0.1) is 5.92 Å². The normalized spacial score (nSPS) is 16.9. The van der Waals surface area contributed by atoms with Gasteiger partial charge in [0.05, 0.1) is 5.03 Å². The standard InChI is InChI=1S/C15H20N2S/c1-17-14(9-12-7-8-12)10-15(16)18-11-13-5-3-2-4-6-13/h2-6,10,12H,7-9,11,16H2,1H3/b15-10+,17-14?. The van der Waals surface area contributed by atoms with E-state index in [0.29, 0.717) is 0 Å². The second kappa shape index (κ2) is 6.64. The molecule has 0 bridgehead atoms. The number of nitrogens with two attached hydrogens (primary N) is 1. The van der Waals surface area contributed by atoms with Gasteiger partial charge in [-0.2, -0.15) is 0 Å². The molecule has 18 heavy (non-hydrogen) atoms. The van der Waals surface area contributed by atoms with E-state index < -0.39 is 0 Å². The first-order valence-electron chi connectivity index (χ1n) is 6.37. The van der Waals surface area contributed by atoms with Gasteiger partial charge in [0, 0.05) is 18.5 Å². The Morgan fingerprint density at radius 2 is 2.11 bits per heavy atom. The molecule has 0 aromatic heterocycles. The van der Waals surface area contributed by atoms with Gasteiger partial charge in [0.2, 0.25) is 0 Å². The number of hydrogen-bond donors (Lipinski definition) is 1. The Bertz CT molecular complexity index is 433. The van der Waals surface area contributed by atoms with Crippen molar-refractivity contribution in [3.8, 4) is 0 Å². The van der Waals surface area contributed by atoms with E-state index in [1.165, 1.54) is 18.4 Å². The van der Waals surface area contributed by atoms with Crippen molar-refractivity contribution in [1.29, 1.82) is 0 Å². The minimum Gasteiger partial charge on any atom is -0.393 e. The van der Waals surface area contributed by atoms with Crippen molar-refractivity contribution in [2.75, 3.05) is 7.05 Å². The Hall–Kier alpha value is -1.22. The predicted octanol–water partition coefficient (Wildman–Crippen LogP) is 3.59. The Kier molecular flexibility index (Phi) is 4.88. The van der Waals surface area contributed by atoms with Crippen molar-refractivity contribution < 1.29 is 0 Å². The first-order valence-corrected chi connectivity index (χ1v) is 7.36. The summed E-state index contributed by atoms with van der Waals surface area (Å²) in [6, 6.07) is 10.4. The van der Waals surface area contributed by atoms with E-state index in [1.807, 2.05) is 19.2 Å². The highest BCUT2D eigenvalue weighted by Crippen LogP contribution is 2.33. The maximum absolute atomic E-state index is 6.04. The van der Waals surface area contributed by atoms with Gasteiger partial charge in [-0.15, -0.1) is 11.8 Å². The maximum atomic E-state index is 6.04. The summed E-state index contributed by atoms with van der Waals surface area (Å²) in [6.45, 7) is 0. The highest BCUT2D eigenvalue weighted by molar-refractivity contribution is 8.02. The zero-order chi connectivity index (χ0) is 12.8. The molecule has 1 aromatic rings. The molecule has 1 aromatic carbocycles. The molecule has 96 valence electrons. The van der Waals surface area contributed by atoms with Crippen LogP contribution in [0.15, 0.2) is 46.4 Å². The zero-order valence-electron chi connectivity index (χ0n) is 10.8. The van der Waals surface area contributed by atoms with Gasteiger partial charge in [-0.3, -0.25) is 4.99 Å². The molecule has 2 N–H and O–H groups in total. The SMILES string of the molecule is CN=C(/C=C(\N)SCc1ccccc1)CC1CC1. The van der Waals surface area contributed by atoms with Crippen LogP contribution in [0.25, 0.3) is 0 Å². The molecule has 0 radical (unpaired) electrons. The largest absolute Gasteiger partial charge is 0.393 e.